The summed E-state index contributed by atoms with van der Waals surface area (Å²) in [7, 11) is -5.21. The quantitative estimate of drug-likeness (QED) is 0.367. The van der Waals surface area contributed by atoms with Crippen LogP contribution in [-0.2, 0) is 24.8 Å². The molecule has 13 heteroatoms. The number of amides is 1. The van der Waals surface area contributed by atoms with E-state index in [9.17, 15) is 26.0 Å². The molecular formula is C28H32FN3O7S2. The van der Waals surface area contributed by atoms with Gasteiger partial charge in [0.15, 0.2) is 11.5 Å². The van der Waals surface area contributed by atoms with Gasteiger partial charge in [0.25, 0.3) is 10.0 Å². The molecule has 0 aliphatic carbocycles. The van der Waals surface area contributed by atoms with E-state index in [0.717, 1.165) is 42.1 Å². The predicted octanol–water partition coefficient (Wildman–Crippen LogP) is 4.24. The van der Waals surface area contributed by atoms with E-state index in [0.29, 0.717) is 18.8 Å². The summed E-state index contributed by atoms with van der Waals surface area (Å²) in [6, 6.07) is 14.4. The first-order valence-corrected chi connectivity index (χ1v) is 15.8. The first kappa shape index (κ1) is 30.3. The number of carbonyl (C=O) groups is 1. The predicted molar refractivity (Wildman–Crippen MR) is 153 cm³/mol. The Balaban J connectivity index is 1.56. The van der Waals surface area contributed by atoms with Crippen LogP contribution >= 0.6 is 0 Å². The molecule has 1 heterocycles. The molecule has 10 nitrogen and oxygen atoms in total. The lowest BCUT2D eigenvalue weighted by Gasteiger charge is -2.24. The van der Waals surface area contributed by atoms with Gasteiger partial charge in [-0.2, -0.15) is 4.31 Å². The lowest BCUT2D eigenvalue weighted by molar-refractivity contribution is -0.114. The van der Waals surface area contributed by atoms with Crippen molar-refractivity contribution in [3.05, 3.63) is 72.5 Å². The number of nitrogens with one attached hydrogen (secondary N) is 1. The summed E-state index contributed by atoms with van der Waals surface area (Å²) in [6.45, 7) is 0.291. The zero-order chi connectivity index (χ0) is 29.6. The standard InChI is InChI=1S/C28H32FN3O7S2/c1-38-26-16-15-25(19-27(26)39-2)41(36,37)32(23-11-7-21(29)8-12-23)20-28(33)30-22-9-13-24(14-10-22)40(34,35)31-17-5-3-4-6-18-31/h7-16,19H,3-6,17-18,20H2,1-2H3,(H,30,33). The molecule has 0 radical (unpaired) electrons. The van der Waals surface area contributed by atoms with Crippen molar-refractivity contribution in [3.8, 4) is 11.5 Å². The van der Waals surface area contributed by atoms with Crippen LogP contribution in [0.3, 0.4) is 0 Å². The van der Waals surface area contributed by atoms with Crippen LogP contribution in [-0.4, -0.2) is 60.9 Å². The second kappa shape index (κ2) is 12.9. The SMILES string of the molecule is COc1ccc(S(=O)(=O)N(CC(=O)Nc2ccc(S(=O)(=O)N3CCCCCC3)cc2)c2ccc(F)cc2)cc1OC. The molecule has 4 rings (SSSR count). The Kier molecular flexibility index (Phi) is 9.51. The Hall–Kier alpha value is -3.68. The number of methoxy groups -OCH3 is 2. The van der Waals surface area contributed by atoms with E-state index in [2.05, 4.69) is 5.32 Å². The molecule has 1 saturated heterocycles. The monoisotopic (exact) mass is 605 g/mol. The number of benzene rings is 3. The smallest absolute Gasteiger partial charge is 0.264 e. The maximum Gasteiger partial charge on any atom is 0.264 e. The minimum absolute atomic E-state index is 0.0650. The highest BCUT2D eigenvalue weighted by atomic mass is 32.2. The van der Waals surface area contributed by atoms with Gasteiger partial charge in [0.2, 0.25) is 15.9 Å². The molecule has 1 aliphatic heterocycles. The van der Waals surface area contributed by atoms with Gasteiger partial charge in [-0.25, -0.2) is 21.2 Å². The number of anilines is 2. The first-order valence-electron chi connectivity index (χ1n) is 13.0. The van der Waals surface area contributed by atoms with Gasteiger partial charge in [0.05, 0.1) is 29.7 Å². The molecule has 0 saturated carbocycles. The Morgan fingerprint density at radius 1 is 0.829 bits per heavy atom. The molecule has 41 heavy (non-hydrogen) atoms. The second-order valence-electron chi connectivity index (χ2n) is 9.40. The molecule has 1 aliphatic rings. The molecule has 220 valence electrons. The summed E-state index contributed by atoms with van der Waals surface area (Å²) in [5.74, 6) is -0.774. The van der Waals surface area contributed by atoms with Crippen LogP contribution < -0.4 is 19.1 Å². The van der Waals surface area contributed by atoms with E-state index in [1.54, 1.807) is 0 Å². The molecule has 3 aromatic carbocycles. The molecule has 0 aromatic heterocycles. The average Bonchev–Trinajstić information content (AvgIpc) is 3.27. The highest BCUT2D eigenvalue weighted by molar-refractivity contribution is 7.92. The van der Waals surface area contributed by atoms with E-state index in [4.69, 9.17) is 9.47 Å². The first-order chi connectivity index (χ1) is 19.6. The number of hydrogen-bond donors (Lipinski definition) is 1. The maximum absolute atomic E-state index is 13.7. The summed E-state index contributed by atoms with van der Waals surface area (Å²) < 4.78 is 79.9. The Morgan fingerprint density at radius 2 is 1.41 bits per heavy atom. The van der Waals surface area contributed by atoms with Gasteiger partial charge in [-0.05, 0) is 73.5 Å². The van der Waals surface area contributed by atoms with E-state index in [1.165, 1.54) is 73.1 Å². The van der Waals surface area contributed by atoms with Crippen molar-refractivity contribution in [2.45, 2.75) is 35.5 Å². The Morgan fingerprint density at radius 3 is 2.00 bits per heavy atom. The van der Waals surface area contributed by atoms with E-state index in [1.807, 2.05) is 0 Å². The number of nitrogens with zero attached hydrogens (tertiary/aromatic N) is 2. The molecule has 1 N–H and O–H groups in total. The van der Waals surface area contributed by atoms with Crippen LogP contribution in [0.1, 0.15) is 25.7 Å². The molecule has 0 unspecified atom stereocenters. The minimum atomic E-state index is -4.32. The maximum atomic E-state index is 13.7. The lowest BCUT2D eigenvalue weighted by Crippen LogP contribution is -2.38. The van der Waals surface area contributed by atoms with Gasteiger partial charge in [-0.1, -0.05) is 12.8 Å². The van der Waals surface area contributed by atoms with Crippen molar-refractivity contribution in [2.75, 3.05) is 43.5 Å². The molecule has 1 amide bonds. The van der Waals surface area contributed by atoms with E-state index >= 15 is 0 Å². The highest BCUT2D eigenvalue weighted by Gasteiger charge is 2.29. The third kappa shape index (κ3) is 6.97. The van der Waals surface area contributed by atoms with Crippen LogP contribution in [0.5, 0.6) is 11.5 Å². The zero-order valence-electron chi connectivity index (χ0n) is 22.7. The van der Waals surface area contributed by atoms with Crippen molar-refractivity contribution in [3.63, 3.8) is 0 Å². The molecule has 0 bridgehead atoms. The summed E-state index contributed by atoms with van der Waals surface area (Å²) in [5.41, 5.74) is 0.350. The number of halogens is 1. The second-order valence-corrected chi connectivity index (χ2v) is 13.2. The zero-order valence-corrected chi connectivity index (χ0v) is 24.4. The third-order valence-electron chi connectivity index (χ3n) is 6.69. The topological polar surface area (TPSA) is 122 Å². The molecule has 0 atom stereocenters. The van der Waals surface area contributed by atoms with Gasteiger partial charge in [0.1, 0.15) is 12.4 Å². The number of ether oxygens (including phenoxy) is 2. The Bertz CT molecular complexity index is 1570. The molecule has 0 spiro atoms. The highest BCUT2D eigenvalue weighted by Crippen LogP contribution is 2.32. The van der Waals surface area contributed by atoms with Crippen molar-refractivity contribution >= 4 is 37.3 Å². The minimum Gasteiger partial charge on any atom is -0.493 e. The Labute approximate surface area is 239 Å². The van der Waals surface area contributed by atoms with Crippen molar-refractivity contribution < 1.29 is 35.5 Å². The van der Waals surface area contributed by atoms with Crippen LogP contribution in [0.25, 0.3) is 0 Å². The fourth-order valence-electron chi connectivity index (χ4n) is 4.50. The summed E-state index contributed by atoms with van der Waals surface area (Å²) in [5, 5.41) is 2.61. The van der Waals surface area contributed by atoms with Gasteiger partial charge >= 0.3 is 0 Å². The van der Waals surface area contributed by atoms with Crippen LogP contribution in [0, 0.1) is 5.82 Å². The van der Waals surface area contributed by atoms with Gasteiger partial charge < -0.3 is 14.8 Å². The fraction of sp³-hybridized carbons (Fsp3) is 0.321. The number of sulfonamides is 2. The summed E-state index contributed by atoms with van der Waals surface area (Å²) >= 11 is 0. The van der Waals surface area contributed by atoms with E-state index < -0.39 is 38.3 Å². The lowest BCUT2D eigenvalue weighted by atomic mass is 10.2. The summed E-state index contributed by atoms with van der Waals surface area (Å²) in [6.07, 6.45) is 3.61. The molecule has 3 aromatic rings. The average molecular weight is 606 g/mol. The van der Waals surface area contributed by atoms with Gasteiger partial charge in [0, 0.05) is 24.8 Å². The third-order valence-corrected chi connectivity index (χ3v) is 10.4. The van der Waals surface area contributed by atoms with Crippen LogP contribution in [0.2, 0.25) is 0 Å². The molecular weight excluding hydrogens is 573 g/mol. The molecule has 1 fully saturated rings. The van der Waals surface area contributed by atoms with Crippen molar-refractivity contribution in [1.82, 2.24) is 4.31 Å². The van der Waals surface area contributed by atoms with Crippen molar-refractivity contribution in [1.29, 1.82) is 0 Å². The number of hydrogen-bond acceptors (Lipinski definition) is 7. The van der Waals surface area contributed by atoms with Crippen LogP contribution in [0.15, 0.2) is 76.5 Å². The number of carbonyl (C=O) groups excluding carboxylic acids is 1. The van der Waals surface area contributed by atoms with Gasteiger partial charge in [-0.15, -0.1) is 0 Å². The van der Waals surface area contributed by atoms with Crippen LogP contribution in [0.4, 0.5) is 15.8 Å². The number of rotatable bonds is 10. The fourth-order valence-corrected chi connectivity index (χ4v) is 7.45. The van der Waals surface area contributed by atoms with E-state index in [-0.39, 0.29) is 26.9 Å². The largest absolute Gasteiger partial charge is 0.493 e. The summed E-state index contributed by atoms with van der Waals surface area (Å²) in [4.78, 5) is 13.0. The van der Waals surface area contributed by atoms with Crippen molar-refractivity contribution in [2.24, 2.45) is 0 Å². The van der Waals surface area contributed by atoms with Gasteiger partial charge in [-0.3, -0.25) is 9.10 Å². The normalized spacial score (nSPS) is 14.6.